The molecule has 0 atom stereocenters. The van der Waals surface area contributed by atoms with E-state index in [1.54, 1.807) is 21.6 Å². The minimum Gasteiger partial charge on any atom is -0.565 e. The largest absolute Gasteiger partial charge is 0.565 e. The zero-order valence-corrected chi connectivity index (χ0v) is 35.0. The molecule has 296 valence electrons. The molecule has 3 aromatic rings. The van der Waals surface area contributed by atoms with E-state index in [1.807, 2.05) is 0 Å². The Morgan fingerprint density at radius 2 is 0.755 bits per heavy atom. The molecular weight excluding hydrogens is 669 g/mol. The Labute approximate surface area is 329 Å². The maximum atomic E-state index is 8.44. The second kappa shape index (κ2) is 31.6. The summed E-state index contributed by atoms with van der Waals surface area (Å²) in [7, 11) is -0.0844. The molecular formula is C49H76O3S. The Balaban J connectivity index is 0.00000231. The molecule has 0 aliphatic rings. The number of aryl methyl sites for hydroxylation is 3. The van der Waals surface area contributed by atoms with Crippen molar-refractivity contribution in [2.45, 2.75) is 209 Å². The minimum absolute atomic E-state index is 0.0844. The molecule has 0 radical (unpaired) electrons. The van der Waals surface area contributed by atoms with Crippen LogP contribution in [0.15, 0.2) is 87.5 Å². The van der Waals surface area contributed by atoms with E-state index in [1.165, 1.54) is 183 Å². The molecule has 0 fully saturated rings. The third kappa shape index (κ3) is 21.7. The lowest BCUT2D eigenvalue weighted by Crippen LogP contribution is -2.17. The van der Waals surface area contributed by atoms with E-state index < -0.39 is 6.16 Å². The van der Waals surface area contributed by atoms with Crippen LogP contribution in [0.2, 0.25) is 0 Å². The van der Waals surface area contributed by atoms with Crippen molar-refractivity contribution < 1.29 is 15.0 Å². The number of benzene rings is 3. The van der Waals surface area contributed by atoms with Gasteiger partial charge in [0.2, 0.25) is 6.16 Å². The smallest absolute Gasteiger partial charge is 0.249 e. The van der Waals surface area contributed by atoms with Gasteiger partial charge in [0.25, 0.3) is 0 Å². The molecule has 0 aliphatic heterocycles. The lowest BCUT2D eigenvalue weighted by molar-refractivity contribution is -0.275. The van der Waals surface area contributed by atoms with Crippen molar-refractivity contribution in [3.63, 3.8) is 0 Å². The van der Waals surface area contributed by atoms with Gasteiger partial charge in [-0.2, -0.15) is 0 Å². The summed E-state index contributed by atoms with van der Waals surface area (Å²) in [4.78, 5) is 13.1. The minimum atomic E-state index is -2.08. The summed E-state index contributed by atoms with van der Waals surface area (Å²) >= 11 is 0. The van der Waals surface area contributed by atoms with Gasteiger partial charge >= 0.3 is 0 Å². The van der Waals surface area contributed by atoms with Crippen LogP contribution in [0.5, 0.6) is 0 Å². The lowest BCUT2D eigenvalue weighted by atomic mass is 9.94. The molecule has 0 bridgehead atoms. The van der Waals surface area contributed by atoms with Crippen LogP contribution < -0.4 is 5.11 Å². The van der Waals surface area contributed by atoms with Crippen molar-refractivity contribution in [3.05, 3.63) is 89.5 Å². The van der Waals surface area contributed by atoms with Gasteiger partial charge in [0, 0.05) is 11.1 Å². The van der Waals surface area contributed by atoms with Crippen molar-refractivity contribution in [2.75, 3.05) is 0 Å². The number of hydrogen-bond donors (Lipinski definition) is 1. The first-order valence-corrected chi connectivity index (χ1v) is 23.1. The number of hydrogen-bond acceptors (Lipinski definition) is 2. The summed E-state index contributed by atoms with van der Waals surface area (Å²) < 4.78 is 0. The fourth-order valence-electron chi connectivity index (χ4n) is 7.45. The second-order valence-corrected chi connectivity index (χ2v) is 17.1. The van der Waals surface area contributed by atoms with Crippen LogP contribution >= 0.6 is 0 Å². The van der Waals surface area contributed by atoms with Crippen LogP contribution in [0, 0.1) is 0 Å². The predicted molar refractivity (Wildman–Crippen MR) is 228 cm³/mol. The van der Waals surface area contributed by atoms with Gasteiger partial charge in [0.15, 0.2) is 14.7 Å². The molecule has 0 aromatic heterocycles. The van der Waals surface area contributed by atoms with E-state index in [0.717, 1.165) is 0 Å². The molecule has 3 rings (SSSR count). The number of rotatable bonds is 30. The number of carboxylic acid groups (broad SMARTS) is 2. The highest BCUT2D eigenvalue weighted by atomic mass is 32.2. The quantitative estimate of drug-likeness (QED) is 0.0546. The molecule has 0 saturated heterocycles. The summed E-state index contributed by atoms with van der Waals surface area (Å²) in [5.74, 6) is 0. The topological polar surface area (TPSA) is 60.4 Å². The van der Waals surface area contributed by atoms with E-state index in [2.05, 4.69) is 93.6 Å². The van der Waals surface area contributed by atoms with E-state index >= 15 is 0 Å². The monoisotopic (exact) mass is 745 g/mol. The van der Waals surface area contributed by atoms with Gasteiger partial charge in [-0.15, -0.1) is 0 Å². The lowest BCUT2D eigenvalue weighted by Gasteiger charge is -2.18. The third-order valence-corrected chi connectivity index (χ3v) is 12.8. The zero-order valence-electron chi connectivity index (χ0n) is 34.2. The number of unbranched alkanes of at least 4 members (excludes halogenated alkanes) is 21. The van der Waals surface area contributed by atoms with Crippen LogP contribution in [0.4, 0.5) is 4.79 Å². The number of carbonyl (C=O) groups is 1. The molecule has 0 saturated carbocycles. The van der Waals surface area contributed by atoms with Crippen molar-refractivity contribution in [1.29, 1.82) is 0 Å². The van der Waals surface area contributed by atoms with Gasteiger partial charge in [-0.25, -0.2) is 0 Å². The zero-order chi connectivity index (χ0) is 38.2. The van der Waals surface area contributed by atoms with Gasteiger partial charge in [0.1, 0.15) is 0 Å². The van der Waals surface area contributed by atoms with Gasteiger partial charge < -0.3 is 15.0 Å². The van der Waals surface area contributed by atoms with Crippen molar-refractivity contribution in [2.24, 2.45) is 0 Å². The molecule has 0 heterocycles. The van der Waals surface area contributed by atoms with Crippen LogP contribution in [-0.4, -0.2) is 11.3 Å². The summed E-state index contributed by atoms with van der Waals surface area (Å²) in [5.41, 5.74) is 4.94. The van der Waals surface area contributed by atoms with Gasteiger partial charge in [-0.05, 0) is 68.4 Å². The van der Waals surface area contributed by atoms with Gasteiger partial charge in [0.05, 0.1) is 10.9 Å². The fraction of sp³-hybridized carbons (Fsp3) is 0.612. The highest BCUT2D eigenvalue weighted by molar-refractivity contribution is 7.97. The fourth-order valence-corrected chi connectivity index (χ4v) is 9.90. The Morgan fingerprint density at radius 3 is 1.08 bits per heavy atom. The first-order chi connectivity index (χ1) is 26.0. The molecule has 4 heteroatoms. The first kappa shape index (κ1) is 46.4. The van der Waals surface area contributed by atoms with Crippen LogP contribution in [-0.2, 0) is 30.2 Å². The Bertz CT molecular complexity index is 1210. The first-order valence-electron chi connectivity index (χ1n) is 21.9. The molecule has 0 amide bonds. The summed E-state index contributed by atoms with van der Waals surface area (Å²) in [6, 6.07) is 28.3. The molecule has 0 aliphatic carbocycles. The molecule has 0 unspecified atom stereocenters. The maximum Gasteiger partial charge on any atom is 0.249 e. The second-order valence-electron chi connectivity index (χ2n) is 15.1. The SMILES string of the molecule is CCCCCCCCCCc1cc(CCCCCCCCCC)c([S+](c2ccccc2)c2ccccc2)c(CCCCCCCCCC)c1.O=C([O-])O. The van der Waals surface area contributed by atoms with Crippen LogP contribution in [0.1, 0.15) is 192 Å². The third-order valence-electron chi connectivity index (χ3n) is 10.4. The van der Waals surface area contributed by atoms with Crippen LogP contribution in [0.3, 0.4) is 0 Å². The molecule has 0 spiro atoms. The van der Waals surface area contributed by atoms with E-state index in [4.69, 9.17) is 15.0 Å². The Morgan fingerprint density at radius 1 is 0.472 bits per heavy atom. The van der Waals surface area contributed by atoms with Crippen LogP contribution in [0.25, 0.3) is 0 Å². The summed E-state index contributed by atoms with van der Waals surface area (Å²) in [5, 5.41) is 15.3. The van der Waals surface area contributed by atoms with E-state index in [0.29, 0.717) is 0 Å². The van der Waals surface area contributed by atoms with Gasteiger partial charge in [-0.3, -0.25) is 0 Å². The molecule has 53 heavy (non-hydrogen) atoms. The molecule has 3 aromatic carbocycles. The predicted octanol–water partition coefficient (Wildman–Crippen LogP) is 14.7. The average Bonchev–Trinajstić information content (AvgIpc) is 3.16. The maximum absolute atomic E-state index is 8.44. The summed E-state index contributed by atoms with van der Waals surface area (Å²) in [6.45, 7) is 6.96. The molecule has 3 nitrogen and oxygen atoms in total. The van der Waals surface area contributed by atoms with Crippen molar-refractivity contribution in [1.82, 2.24) is 0 Å². The highest BCUT2D eigenvalue weighted by Gasteiger charge is 2.34. The summed E-state index contributed by atoms with van der Waals surface area (Å²) in [6.07, 6.45) is 34.9. The standard InChI is InChI=1S/C48H75S.CH2O3/c1-4-7-10-13-16-19-22-27-34-43-41-44(35-28-23-20-17-14-11-8-5-2)48(45(42-43)36-29-24-21-18-15-12-9-6-3)49(46-37-30-25-31-38-46)47-39-32-26-33-40-47;2-1(3)4/h25-26,30-33,37-42H,4-24,27-29,34-36H2,1-3H3;(H2,2,3,4)/q+1;/p-1. The van der Waals surface area contributed by atoms with Crippen molar-refractivity contribution in [3.8, 4) is 0 Å². The average molecular weight is 745 g/mol. The molecule has 1 N–H and O–H groups in total. The Hall–Kier alpha value is -2.72. The van der Waals surface area contributed by atoms with E-state index in [-0.39, 0.29) is 10.9 Å². The van der Waals surface area contributed by atoms with Crippen molar-refractivity contribution >= 4 is 17.1 Å². The van der Waals surface area contributed by atoms with E-state index in [9.17, 15) is 0 Å². The van der Waals surface area contributed by atoms with Gasteiger partial charge in [-0.1, -0.05) is 204 Å². The highest BCUT2D eigenvalue weighted by Crippen LogP contribution is 2.38. The Kier molecular flexibility index (Phi) is 27.7. The normalized spacial score (nSPS) is 11.1.